The Morgan fingerprint density at radius 3 is 2.60 bits per heavy atom. The van der Waals surface area contributed by atoms with E-state index >= 15 is 0 Å². The van der Waals surface area contributed by atoms with Crippen LogP contribution in [0.15, 0.2) is 18.2 Å². The van der Waals surface area contributed by atoms with Crippen LogP contribution in [0.3, 0.4) is 0 Å². The van der Waals surface area contributed by atoms with Gasteiger partial charge in [0.25, 0.3) is 0 Å². The smallest absolute Gasteiger partial charge is 0.145 e. The molecule has 20 heavy (non-hydrogen) atoms. The van der Waals surface area contributed by atoms with Crippen LogP contribution in [-0.4, -0.2) is 12.6 Å². The highest BCUT2D eigenvalue weighted by molar-refractivity contribution is 6.30. The molecule has 0 radical (unpaired) electrons. The molecule has 2 saturated carbocycles. The average Bonchev–Trinajstić information content (AvgIpc) is 3.26. The van der Waals surface area contributed by atoms with E-state index < -0.39 is 0 Å². The Kier molecular flexibility index (Phi) is 4.05. The predicted molar refractivity (Wildman–Crippen MR) is 81.7 cm³/mol. The van der Waals surface area contributed by atoms with Gasteiger partial charge in [-0.2, -0.15) is 0 Å². The highest BCUT2D eigenvalue weighted by Gasteiger charge is 2.39. The molecule has 3 heteroatoms. The number of nitrogens with one attached hydrogen (secondary N) is 1. The van der Waals surface area contributed by atoms with Crippen molar-refractivity contribution in [3.8, 4) is 0 Å². The van der Waals surface area contributed by atoms with Gasteiger partial charge in [-0.05, 0) is 56.1 Å². The number of benzene rings is 1. The van der Waals surface area contributed by atoms with E-state index in [-0.39, 0.29) is 16.3 Å². The van der Waals surface area contributed by atoms with Crippen molar-refractivity contribution < 1.29 is 4.39 Å². The minimum Gasteiger partial charge on any atom is -0.313 e. The Hall–Kier alpha value is -0.600. The molecule has 0 amide bonds. The Bertz CT molecular complexity index is 476. The molecule has 0 saturated heterocycles. The van der Waals surface area contributed by atoms with Crippen molar-refractivity contribution in [1.82, 2.24) is 5.32 Å². The summed E-state index contributed by atoms with van der Waals surface area (Å²) >= 11 is 6.00. The highest BCUT2D eigenvalue weighted by atomic mass is 35.5. The number of rotatable bonds is 4. The van der Waals surface area contributed by atoms with Gasteiger partial charge in [-0.15, -0.1) is 0 Å². The third-order valence-electron chi connectivity index (χ3n) is 5.06. The topological polar surface area (TPSA) is 12.0 Å². The van der Waals surface area contributed by atoms with Crippen molar-refractivity contribution >= 4 is 11.6 Å². The van der Waals surface area contributed by atoms with Crippen LogP contribution in [0, 0.1) is 11.7 Å². The van der Waals surface area contributed by atoms with Crippen LogP contribution in [0.5, 0.6) is 0 Å². The van der Waals surface area contributed by atoms with Crippen molar-refractivity contribution in [2.45, 2.75) is 56.9 Å². The summed E-state index contributed by atoms with van der Waals surface area (Å²) < 4.78 is 14.5. The second-order valence-corrected chi connectivity index (χ2v) is 7.13. The number of hydrogen-bond acceptors (Lipinski definition) is 1. The van der Waals surface area contributed by atoms with Crippen LogP contribution in [0.2, 0.25) is 5.02 Å². The van der Waals surface area contributed by atoms with E-state index in [1.807, 2.05) is 12.1 Å². The minimum absolute atomic E-state index is 0.0654. The van der Waals surface area contributed by atoms with Crippen molar-refractivity contribution in [3.05, 3.63) is 34.6 Å². The van der Waals surface area contributed by atoms with Gasteiger partial charge in [-0.1, -0.05) is 30.7 Å². The lowest BCUT2D eigenvalue weighted by Crippen LogP contribution is -2.42. The predicted octanol–water partition coefficient (Wildman–Crippen LogP) is 4.68. The van der Waals surface area contributed by atoms with Crippen LogP contribution in [0.4, 0.5) is 4.39 Å². The third kappa shape index (κ3) is 2.87. The quantitative estimate of drug-likeness (QED) is 0.850. The molecule has 0 bridgehead atoms. The highest BCUT2D eigenvalue weighted by Crippen LogP contribution is 2.43. The van der Waals surface area contributed by atoms with E-state index in [4.69, 9.17) is 11.6 Å². The fourth-order valence-electron chi connectivity index (χ4n) is 3.40. The molecule has 110 valence electrons. The maximum Gasteiger partial charge on any atom is 0.145 e. The van der Waals surface area contributed by atoms with Crippen molar-refractivity contribution in [3.63, 3.8) is 0 Å². The van der Waals surface area contributed by atoms with Gasteiger partial charge in [-0.25, -0.2) is 4.39 Å². The molecule has 0 unspecified atom stereocenters. The van der Waals surface area contributed by atoms with E-state index in [2.05, 4.69) is 12.2 Å². The fraction of sp³-hybridized carbons (Fsp3) is 0.647. The summed E-state index contributed by atoms with van der Waals surface area (Å²) in [5, 5.41) is 3.87. The molecule has 3 rings (SSSR count). The van der Waals surface area contributed by atoms with E-state index in [9.17, 15) is 4.39 Å². The molecule has 1 aromatic rings. The van der Waals surface area contributed by atoms with Crippen LogP contribution in [-0.2, 0) is 5.41 Å². The maximum atomic E-state index is 14.5. The molecule has 0 spiro atoms. The van der Waals surface area contributed by atoms with Gasteiger partial charge in [-0.3, -0.25) is 0 Å². The monoisotopic (exact) mass is 295 g/mol. The molecular formula is C17H23ClFN. The first-order valence-electron chi connectivity index (χ1n) is 7.79. The zero-order valence-electron chi connectivity index (χ0n) is 12.1. The summed E-state index contributed by atoms with van der Waals surface area (Å²) in [5.41, 5.74) is 0.759. The van der Waals surface area contributed by atoms with Gasteiger partial charge in [0.2, 0.25) is 0 Å². The molecule has 0 atom stereocenters. The molecule has 0 aliphatic heterocycles. The van der Waals surface area contributed by atoms with Gasteiger partial charge >= 0.3 is 0 Å². The SMILES string of the molecule is CC1CCC(CNC2CC2)(c2cccc(Cl)c2F)CC1. The molecule has 2 fully saturated rings. The van der Waals surface area contributed by atoms with Crippen molar-refractivity contribution in [2.75, 3.05) is 6.54 Å². The van der Waals surface area contributed by atoms with E-state index in [1.54, 1.807) is 6.07 Å². The third-order valence-corrected chi connectivity index (χ3v) is 5.35. The average molecular weight is 296 g/mol. The molecule has 2 aliphatic rings. The van der Waals surface area contributed by atoms with E-state index in [1.165, 1.54) is 25.7 Å². The zero-order chi connectivity index (χ0) is 14.2. The summed E-state index contributed by atoms with van der Waals surface area (Å²) in [4.78, 5) is 0. The maximum absolute atomic E-state index is 14.5. The van der Waals surface area contributed by atoms with Gasteiger partial charge < -0.3 is 5.32 Å². The van der Waals surface area contributed by atoms with Crippen molar-refractivity contribution in [2.24, 2.45) is 5.92 Å². The lowest BCUT2D eigenvalue weighted by molar-refractivity contribution is 0.227. The summed E-state index contributed by atoms with van der Waals surface area (Å²) in [6, 6.07) is 6.13. The van der Waals surface area contributed by atoms with E-state index in [0.717, 1.165) is 30.9 Å². The Labute approximate surface area is 125 Å². The van der Waals surface area contributed by atoms with Gasteiger partial charge in [0.1, 0.15) is 5.82 Å². The molecular weight excluding hydrogens is 273 g/mol. The standard InChI is InChI=1S/C17H23ClFN/c1-12-7-9-17(10-8-12,11-20-13-5-6-13)14-3-2-4-15(18)16(14)19/h2-4,12-13,20H,5-11H2,1H3. The molecule has 1 N–H and O–H groups in total. The second kappa shape index (κ2) is 5.65. The second-order valence-electron chi connectivity index (χ2n) is 6.72. The lowest BCUT2D eigenvalue weighted by Gasteiger charge is -2.40. The Morgan fingerprint density at radius 1 is 1.25 bits per heavy atom. The fourth-order valence-corrected chi connectivity index (χ4v) is 3.57. The molecule has 0 heterocycles. The summed E-state index contributed by atoms with van der Waals surface area (Å²) in [6.07, 6.45) is 7.02. The van der Waals surface area contributed by atoms with Crippen LogP contribution < -0.4 is 5.32 Å². The van der Waals surface area contributed by atoms with Crippen LogP contribution >= 0.6 is 11.6 Å². The summed E-state index contributed by atoms with van der Waals surface area (Å²) in [5.74, 6) is 0.549. The first-order chi connectivity index (χ1) is 9.61. The summed E-state index contributed by atoms with van der Waals surface area (Å²) in [7, 11) is 0. The van der Waals surface area contributed by atoms with Gasteiger partial charge in [0, 0.05) is 18.0 Å². The van der Waals surface area contributed by atoms with Gasteiger partial charge in [0.15, 0.2) is 0 Å². The minimum atomic E-state index is -0.207. The molecule has 1 aromatic carbocycles. The molecule has 2 aliphatic carbocycles. The first-order valence-corrected chi connectivity index (χ1v) is 8.16. The van der Waals surface area contributed by atoms with Gasteiger partial charge in [0.05, 0.1) is 5.02 Å². The largest absolute Gasteiger partial charge is 0.313 e. The Balaban J connectivity index is 1.88. The zero-order valence-corrected chi connectivity index (χ0v) is 12.8. The number of hydrogen-bond donors (Lipinski definition) is 1. The molecule has 0 aromatic heterocycles. The van der Waals surface area contributed by atoms with Crippen molar-refractivity contribution in [1.29, 1.82) is 0 Å². The van der Waals surface area contributed by atoms with Crippen LogP contribution in [0.1, 0.15) is 51.0 Å². The Morgan fingerprint density at radius 2 is 1.95 bits per heavy atom. The molecule has 1 nitrogen and oxygen atoms in total. The normalized spacial score (nSPS) is 30.4. The summed E-state index contributed by atoms with van der Waals surface area (Å²) in [6.45, 7) is 3.19. The number of halogens is 2. The van der Waals surface area contributed by atoms with E-state index in [0.29, 0.717) is 6.04 Å². The van der Waals surface area contributed by atoms with Crippen LogP contribution in [0.25, 0.3) is 0 Å². The lowest BCUT2D eigenvalue weighted by atomic mass is 9.66. The first kappa shape index (κ1) is 14.3.